The summed E-state index contributed by atoms with van der Waals surface area (Å²) in [6, 6.07) is 7.65. The topological polar surface area (TPSA) is 12.0 Å². The first kappa shape index (κ1) is 10.3. The highest BCUT2D eigenvalue weighted by atomic mass is 15.0. The molecule has 0 bridgehead atoms. The van der Waals surface area contributed by atoms with Gasteiger partial charge in [0.25, 0.3) is 0 Å². The van der Waals surface area contributed by atoms with Crippen molar-refractivity contribution < 1.29 is 0 Å². The molecule has 0 radical (unpaired) electrons. The smallest absolute Gasteiger partial charge is 0.0143 e. The molecule has 2 aliphatic rings. The first-order valence-corrected chi connectivity index (χ1v) is 6.54. The SMILES string of the molecule is Cc1ccc(C2CC2NCC2CC2)c(C)c1. The molecule has 0 saturated heterocycles. The van der Waals surface area contributed by atoms with Crippen molar-refractivity contribution in [1.82, 2.24) is 5.32 Å². The normalized spacial score (nSPS) is 28.1. The molecular weight excluding hydrogens is 194 g/mol. The highest BCUT2D eigenvalue weighted by molar-refractivity contribution is 5.37. The van der Waals surface area contributed by atoms with Crippen molar-refractivity contribution >= 4 is 0 Å². The summed E-state index contributed by atoms with van der Waals surface area (Å²) in [5.74, 6) is 1.79. The second-order valence-electron chi connectivity index (χ2n) is 5.66. The molecule has 3 rings (SSSR count). The maximum atomic E-state index is 3.71. The van der Waals surface area contributed by atoms with E-state index in [1.54, 1.807) is 5.56 Å². The van der Waals surface area contributed by atoms with E-state index in [0.717, 1.165) is 17.9 Å². The Balaban J connectivity index is 1.61. The molecule has 86 valence electrons. The lowest BCUT2D eigenvalue weighted by molar-refractivity contribution is 0.624. The fourth-order valence-electron chi connectivity index (χ4n) is 2.65. The maximum Gasteiger partial charge on any atom is 0.0143 e. The predicted octanol–water partition coefficient (Wildman–Crippen LogP) is 3.16. The number of hydrogen-bond donors (Lipinski definition) is 1. The van der Waals surface area contributed by atoms with E-state index >= 15 is 0 Å². The van der Waals surface area contributed by atoms with E-state index in [4.69, 9.17) is 0 Å². The van der Waals surface area contributed by atoms with Gasteiger partial charge < -0.3 is 5.32 Å². The quantitative estimate of drug-likeness (QED) is 0.813. The summed E-state index contributed by atoms with van der Waals surface area (Å²) in [5, 5.41) is 3.71. The molecular formula is C15H21N. The Labute approximate surface area is 98.3 Å². The van der Waals surface area contributed by atoms with E-state index in [2.05, 4.69) is 37.4 Å². The molecule has 2 atom stereocenters. The van der Waals surface area contributed by atoms with Crippen LogP contribution in [0, 0.1) is 19.8 Å². The van der Waals surface area contributed by atoms with Crippen LogP contribution in [0.25, 0.3) is 0 Å². The van der Waals surface area contributed by atoms with Gasteiger partial charge in [0.15, 0.2) is 0 Å². The van der Waals surface area contributed by atoms with Crippen LogP contribution in [-0.2, 0) is 0 Å². The van der Waals surface area contributed by atoms with Crippen LogP contribution in [0.15, 0.2) is 18.2 Å². The summed E-state index contributed by atoms with van der Waals surface area (Å²) >= 11 is 0. The van der Waals surface area contributed by atoms with Gasteiger partial charge in [-0.05, 0) is 56.7 Å². The number of rotatable bonds is 4. The standard InChI is InChI=1S/C15H21N/c1-10-3-6-13(11(2)7-10)14-8-15(14)16-9-12-4-5-12/h3,6-7,12,14-16H,4-5,8-9H2,1-2H3. The van der Waals surface area contributed by atoms with Gasteiger partial charge in [0.05, 0.1) is 0 Å². The second kappa shape index (κ2) is 3.89. The number of benzene rings is 1. The lowest BCUT2D eigenvalue weighted by Gasteiger charge is -2.07. The molecule has 1 aromatic rings. The van der Waals surface area contributed by atoms with Crippen LogP contribution in [0.5, 0.6) is 0 Å². The average Bonchev–Trinajstić information content (AvgIpc) is 3.11. The molecule has 0 amide bonds. The van der Waals surface area contributed by atoms with Gasteiger partial charge in [-0.25, -0.2) is 0 Å². The number of nitrogens with one attached hydrogen (secondary N) is 1. The summed E-state index contributed by atoms with van der Waals surface area (Å²) in [7, 11) is 0. The van der Waals surface area contributed by atoms with Crippen LogP contribution < -0.4 is 5.32 Å². The number of aryl methyl sites for hydroxylation is 2. The van der Waals surface area contributed by atoms with Gasteiger partial charge in [-0.3, -0.25) is 0 Å². The number of hydrogen-bond acceptors (Lipinski definition) is 1. The molecule has 1 aromatic carbocycles. The molecule has 1 nitrogen and oxygen atoms in total. The summed E-state index contributed by atoms with van der Waals surface area (Å²) in [6.45, 7) is 5.68. The molecule has 0 spiro atoms. The van der Waals surface area contributed by atoms with Crippen LogP contribution in [0.3, 0.4) is 0 Å². The molecule has 0 aromatic heterocycles. The van der Waals surface area contributed by atoms with Crippen LogP contribution >= 0.6 is 0 Å². The minimum absolute atomic E-state index is 0.766. The van der Waals surface area contributed by atoms with Crippen molar-refractivity contribution in [2.24, 2.45) is 5.92 Å². The zero-order valence-electron chi connectivity index (χ0n) is 10.3. The van der Waals surface area contributed by atoms with Crippen molar-refractivity contribution in [1.29, 1.82) is 0 Å². The van der Waals surface area contributed by atoms with Gasteiger partial charge in [0.2, 0.25) is 0 Å². The molecule has 1 heteroatoms. The summed E-state index contributed by atoms with van der Waals surface area (Å²) < 4.78 is 0. The Morgan fingerprint density at radius 1 is 1.25 bits per heavy atom. The largest absolute Gasteiger partial charge is 0.313 e. The molecule has 2 aliphatic carbocycles. The first-order chi connectivity index (χ1) is 7.74. The van der Waals surface area contributed by atoms with Crippen molar-refractivity contribution in [2.75, 3.05) is 6.54 Å². The van der Waals surface area contributed by atoms with Crippen LogP contribution in [0.1, 0.15) is 41.9 Å². The fraction of sp³-hybridized carbons (Fsp3) is 0.600. The Kier molecular flexibility index (Phi) is 2.51. The minimum atomic E-state index is 0.766. The third-order valence-corrected chi connectivity index (χ3v) is 3.98. The Bertz CT molecular complexity index is 392. The van der Waals surface area contributed by atoms with E-state index in [-0.39, 0.29) is 0 Å². The van der Waals surface area contributed by atoms with Crippen molar-refractivity contribution in [3.8, 4) is 0 Å². The van der Waals surface area contributed by atoms with Crippen LogP contribution in [0.4, 0.5) is 0 Å². The highest BCUT2D eigenvalue weighted by Gasteiger charge is 2.39. The molecule has 2 fully saturated rings. The van der Waals surface area contributed by atoms with Gasteiger partial charge in [-0.2, -0.15) is 0 Å². The van der Waals surface area contributed by atoms with Gasteiger partial charge >= 0.3 is 0 Å². The molecule has 2 unspecified atom stereocenters. The molecule has 0 heterocycles. The molecule has 0 aliphatic heterocycles. The van der Waals surface area contributed by atoms with E-state index in [1.165, 1.54) is 36.9 Å². The third-order valence-electron chi connectivity index (χ3n) is 3.98. The van der Waals surface area contributed by atoms with E-state index in [1.807, 2.05) is 0 Å². The molecule has 16 heavy (non-hydrogen) atoms. The highest BCUT2D eigenvalue weighted by Crippen LogP contribution is 2.43. The maximum absolute atomic E-state index is 3.71. The predicted molar refractivity (Wildman–Crippen MR) is 67.8 cm³/mol. The summed E-state index contributed by atoms with van der Waals surface area (Å²) in [4.78, 5) is 0. The van der Waals surface area contributed by atoms with E-state index in [0.29, 0.717) is 0 Å². The third kappa shape index (κ3) is 2.15. The van der Waals surface area contributed by atoms with Crippen LogP contribution in [0.2, 0.25) is 0 Å². The van der Waals surface area contributed by atoms with Crippen LogP contribution in [-0.4, -0.2) is 12.6 Å². The van der Waals surface area contributed by atoms with Gasteiger partial charge in [0, 0.05) is 12.0 Å². The minimum Gasteiger partial charge on any atom is -0.313 e. The lowest BCUT2D eigenvalue weighted by Crippen LogP contribution is -2.20. The van der Waals surface area contributed by atoms with Crippen molar-refractivity contribution in [2.45, 2.75) is 45.1 Å². The average molecular weight is 215 g/mol. The van der Waals surface area contributed by atoms with Gasteiger partial charge in [-0.15, -0.1) is 0 Å². The lowest BCUT2D eigenvalue weighted by atomic mass is 10.0. The molecule has 2 saturated carbocycles. The Morgan fingerprint density at radius 2 is 2.06 bits per heavy atom. The Morgan fingerprint density at radius 3 is 2.75 bits per heavy atom. The van der Waals surface area contributed by atoms with E-state index < -0.39 is 0 Å². The van der Waals surface area contributed by atoms with Gasteiger partial charge in [0.1, 0.15) is 0 Å². The zero-order valence-corrected chi connectivity index (χ0v) is 10.3. The zero-order chi connectivity index (χ0) is 11.1. The Hall–Kier alpha value is -0.820. The van der Waals surface area contributed by atoms with Crippen molar-refractivity contribution in [3.05, 3.63) is 34.9 Å². The molecule has 1 N–H and O–H groups in total. The fourth-order valence-corrected chi connectivity index (χ4v) is 2.65. The summed E-state index contributed by atoms with van der Waals surface area (Å²) in [5.41, 5.74) is 4.42. The van der Waals surface area contributed by atoms with Gasteiger partial charge in [-0.1, -0.05) is 23.8 Å². The monoisotopic (exact) mass is 215 g/mol. The van der Waals surface area contributed by atoms with E-state index in [9.17, 15) is 0 Å². The summed E-state index contributed by atoms with van der Waals surface area (Å²) in [6.07, 6.45) is 4.25. The first-order valence-electron chi connectivity index (χ1n) is 6.54. The second-order valence-corrected chi connectivity index (χ2v) is 5.66. The van der Waals surface area contributed by atoms with Crippen molar-refractivity contribution in [3.63, 3.8) is 0 Å².